The minimum absolute atomic E-state index is 0. The highest BCUT2D eigenvalue weighted by Crippen LogP contribution is 1.97. The summed E-state index contributed by atoms with van der Waals surface area (Å²) in [6.07, 6.45) is 17.4. The van der Waals surface area contributed by atoms with Crippen LogP contribution in [0.25, 0.3) is 0 Å². The number of carbonyl (C=O) groups is 4. The zero-order valence-corrected chi connectivity index (χ0v) is 21.2. The van der Waals surface area contributed by atoms with Gasteiger partial charge in [0, 0.05) is 30.8 Å². The number of rotatable bonds is 18. The number of hydrogen-bond acceptors (Lipinski definition) is 9. The fraction of sp³-hybridized carbons (Fsp3) is 0.500. The molecule has 0 heterocycles. The molecule has 12 N–H and O–H groups in total. The Morgan fingerprint density at radius 2 is 0.892 bits per heavy atom. The lowest BCUT2D eigenvalue weighted by atomic mass is 10.2. The summed E-state index contributed by atoms with van der Waals surface area (Å²) in [4.78, 5) is 45.4. The van der Waals surface area contributed by atoms with Gasteiger partial charge in [-0.2, -0.15) is 5.48 Å². The molecular weight excluding hydrogens is 488 g/mol. The molecule has 37 heavy (non-hydrogen) atoms. The summed E-state index contributed by atoms with van der Waals surface area (Å²) in [5, 5.41) is 24.3. The lowest BCUT2D eigenvalue weighted by molar-refractivity contribution is -0.145. The van der Waals surface area contributed by atoms with Gasteiger partial charge in [0.15, 0.2) is 0 Å². The van der Waals surface area contributed by atoms with Gasteiger partial charge in [-0.05, 0) is 45.3 Å². The Kier molecular flexibility index (Phi) is 38.4. The Balaban J connectivity index is -0.000000242. The highest BCUT2D eigenvalue weighted by Gasteiger charge is 1.95. The van der Waals surface area contributed by atoms with Gasteiger partial charge in [-0.15, -0.1) is 0 Å². The third kappa shape index (κ3) is 50.5. The van der Waals surface area contributed by atoms with Crippen molar-refractivity contribution in [1.82, 2.24) is 5.48 Å². The number of hydroxylamine groups is 1. The summed E-state index contributed by atoms with van der Waals surface area (Å²) in [7, 11) is 0. The van der Waals surface area contributed by atoms with E-state index in [1.807, 2.05) is 0 Å². The largest absolute Gasteiger partial charge is 0.478 e. The van der Waals surface area contributed by atoms with Gasteiger partial charge < -0.3 is 42.8 Å². The van der Waals surface area contributed by atoms with Gasteiger partial charge >= 0.3 is 23.9 Å². The maximum atomic E-state index is 11.1. The van der Waals surface area contributed by atoms with E-state index in [2.05, 4.69) is 10.3 Å². The normalized spacial score (nSPS) is 10.5. The van der Waals surface area contributed by atoms with Gasteiger partial charge in [-0.1, -0.05) is 50.0 Å². The lowest BCUT2D eigenvalue weighted by Crippen LogP contribution is -2.19. The van der Waals surface area contributed by atoms with Gasteiger partial charge in [-0.25, -0.2) is 19.2 Å². The van der Waals surface area contributed by atoms with Crippen LogP contribution in [0.1, 0.15) is 51.4 Å². The zero-order valence-electron chi connectivity index (χ0n) is 21.2. The first-order valence-corrected chi connectivity index (χ1v) is 11.6. The Labute approximate surface area is 218 Å². The van der Waals surface area contributed by atoms with Crippen molar-refractivity contribution in [3.8, 4) is 0 Å². The van der Waals surface area contributed by atoms with E-state index in [0.717, 1.165) is 88.1 Å². The quantitative estimate of drug-likeness (QED) is 0.0555. The smallest absolute Gasteiger partial charge is 0.349 e. The van der Waals surface area contributed by atoms with Crippen LogP contribution in [0.3, 0.4) is 0 Å². The first-order valence-electron chi connectivity index (χ1n) is 11.6. The molecule has 13 nitrogen and oxygen atoms in total. The van der Waals surface area contributed by atoms with Crippen LogP contribution in [-0.2, 0) is 24.0 Å². The molecule has 0 radical (unpaired) electrons. The number of carboxylic acids is 3. The summed E-state index contributed by atoms with van der Waals surface area (Å²) < 4.78 is 0. The second-order valence-corrected chi connectivity index (χ2v) is 6.96. The second-order valence-electron chi connectivity index (χ2n) is 6.96. The Bertz CT molecular complexity index is 666. The van der Waals surface area contributed by atoms with E-state index in [9.17, 15) is 19.2 Å². The van der Waals surface area contributed by atoms with Crippen molar-refractivity contribution in [3.63, 3.8) is 0 Å². The number of unbranched alkanes of at least 4 members (excludes halogenated alkanes) is 6. The van der Waals surface area contributed by atoms with Crippen molar-refractivity contribution >= 4 is 23.9 Å². The third-order valence-electron chi connectivity index (χ3n) is 3.73. The molecule has 0 atom stereocenters. The van der Waals surface area contributed by atoms with E-state index in [4.69, 9.17) is 32.5 Å². The number of aliphatic carboxylic acids is 3. The average molecular weight is 533 g/mol. The molecule has 0 aliphatic carbocycles. The van der Waals surface area contributed by atoms with Crippen LogP contribution in [0.5, 0.6) is 0 Å². The minimum Gasteiger partial charge on any atom is -0.478 e. The summed E-state index contributed by atoms with van der Waals surface area (Å²) in [5.74, 6) is -3.83. The standard InChI is InChI=1S/C12H20N2O4.C6H16N2.C6H6O4.H2O/c13-9-5-1-2-6-10-14-18-12(17)8-4-3-7-11(15)16;7-5-3-1-2-4-6-8;7-5(8)3-1-2-4-6(9)10;/h3-4,7-8,14H,1-2,5-6,9-10,13H2,(H,15,16);1-8H2;1-4H,(H,7,8)(H,9,10);1H2/b7-3+,8-4+;;3-1+,4-2+;. The summed E-state index contributed by atoms with van der Waals surface area (Å²) in [5.41, 5.74) is 18.4. The van der Waals surface area contributed by atoms with Crippen LogP contribution in [0.2, 0.25) is 0 Å². The van der Waals surface area contributed by atoms with Crippen molar-refractivity contribution in [3.05, 3.63) is 48.6 Å². The molecule has 0 spiro atoms. The molecule has 0 aliphatic rings. The Hall–Kier alpha value is -3.36. The zero-order chi connectivity index (χ0) is 27.9. The maximum Gasteiger partial charge on any atom is 0.349 e. The molecule has 0 fully saturated rings. The fourth-order valence-corrected chi connectivity index (χ4v) is 2.04. The molecular formula is C24H44N4O9. The molecule has 0 aromatic carbocycles. The molecule has 214 valence electrons. The lowest BCUT2D eigenvalue weighted by Gasteiger charge is -2.02. The number of nitrogens with two attached hydrogens (primary N) is 3. The van der Waals surface area contributed by atoms with Crippen LogP contribution in [-0.4, -0.2) is 70.9 Å². The number of allylic oxidation sites excluding steroid dienone is 4. The number of carbonyl (C=O) groups excluding carboxylic acids is 1. The molecule has 0 unspecified atom stereocenters. The van der Waals surface area contributed by atoms with E-state index >= 15 is 0 Å². The molecule has 0 bridgehead atoms. The average Bonchev–Trinajstić information content (AvgIpc) is 2.82. The predicted octanol–water partition coefficient (Wildman–Crippen LogP) is 0.658. The molecule has 0 aliphatic heterocycles. The van der Waals surface area contributed by atoms with Gasteiger partial charge in [0.25, 0.3) is 0 Å². The van der Waals surface area contributed by atoms with Crippen LogP contribution in [0.15, 0.2) is 48.6 Å². The number of nitrogens with one attached hydrogen (secondary N) is 1. The summed E-state index contributed by atoms with van der Waals surface area (Å²) in [6, 6.07) is 0. The first-order chi connectivity index (χ1) is 17.2. The molecule has 13 heteroatoms. The van der Waals surface area contributed by atoms with Crippen LogP contribution >= 0.6 is 0 Å². The van der Waals surface area contributed by atoms with E-state index in [1.165, 1.54) is 25.0 Å². The van der Waals surface area contributed by atoms with Gasteiger partial charge in [0.05, 0.1) is 0 Å². The van der Waals surface area contributed by atoms with Crippen LogP contribution in [0.4, 0.5) is 0 Å². The number of carboxylic acid groups (broad SMARTS) is 3. The van der Waals surface area contributed by atoms with E-state index < -0.39 is 23.9 Å². The summed E-state index contributed by atoms with van der Waals surface area (Å²) >= 11 is 0. The second kappa shape index (κ2) is 34.8. The SMILES string of the molecule is NCCCCCCN.NCCCCCCNOC(=O)/C=C/C=C/C(=O)O.O.O=C(O)/C=C/C=C/C(=O)O. The van der Waals surface area contributed by atoms with Crippen LogP contribution in [0, 0.1) is 0 Å². The highest BCUT2D eigenvalue weighted by atomic mass is 16.7. The molecule has 0 rings (SSSR count). The molecule has 0 amide bonds. The summed E-state index contributed by atoms with van der Waals surface area (Å²) in [6.45, 7) is 2.95. The fourth-order valence-electron chi connectivity index (χ4n) is 2.04. The topological polar surface area (TPSA) is 260 Å². The molecule has 0 aromatic rings. The molecule has 0 aromatic heterocycles. The van der Waals surface area contributed by atoms with Crippen molar-refractivity contribution in [2.24, 2.45) is 17.2 Å². The van der Waals surface area contributed by atoms with Crippen molar-refractivity contribution < 1.29 is 44.8 Å². The minimum atomic E-state index is -1.10. The van der Waals surface area contributed by atoms with Gasteiger partial charge in [0.2, 0.25) is 0 Å². The number of hydrogen-bond donors (Lipinski definition) is 7. The molecule has 0 saturated heterocycles. The monoisotopic (exact) mass is 532 g/mol. The highest BCUT2D eigenvalue weighted by molar-refractivity contribution is 5.83. The van der Waals surface area contributed by atoms with E-state index in [0.29, 0.717) is 13.1 Å². The molecule has 0 saturated carbocycles. The van der Waals surface area contributed by atoms with E-state index in [-0.39, 0.29) is 5.48 Å². The van der Waals surface area contributed by atoms with E-state index in [1.54, 1.807) is 0 Å². The van der Waals surface area contributed by atoms with Crippen LogP contribution < -0.4 is 22.7 Å². The van der Waals surface area contributed by atoms with Crippen molar-refractivity contribution in [2.45, 2.75) is 51.4 Å². The third-order valence-corrected chi connectivity index (χ3v) is 3.73. The first kappa shape index (κ1) is 40.8. The predicted molar refractivity (Wildman–Crippen MR) is 141 cm³/mol. The maximum absolute atomic E-state index is 11.1. The Morgan fingerprint density at radius 1 is 0.568 bits per heavy atom. The van der Waals surface area contributed by atoms with Gasteiger partial charge in [0.1, 0.15) is 0 Å². The van der Waals surface area contributed by atoms with Gasteiger partial charge in [-0.3, -0.25) is 0 Å². The Morgan fingerprint density at radius 3 is 1.22 bits per heavy atom. The van der Waals surface area contributed by atoms with Crippen molar-refractivity contribution in [2.75, 3.05) is 26.2 Å². The van der Waals surface area contributed by atoms with Crippen molar-refractivity contribution in [1.29, 1.82) is 0 Å².